The van der Waals surface area contributed by atoms with Crippen molar-refractivity contribution in [3.8, 4) is 0 Å². The predicted octanol–water partition coefficient (Wildman–Crippen LogP) is 1.22. The SMILES string of the molecule is CN(CCCNCCO)C1CCCCC1. The minimum absolute atomic E-state index is 0.248. The van der Waals surface area contributed by atoms with Gasteiger partial charge in [-0.2, -0.15) is 0 Å². The highest BCUT2D eigenvalue weighted by Crippen LogP contribution is 2.21. The molecule has 90 valence electrons. The fourth-order valence-electron chi connectivity index (χ4n) is 2.36. The second-order valence-electron chi connectivity index (χ2n) is 4.60. The molecule has 1 saturated carbocycles. The van der Waals surface area contributed by atoms with E-state index >= 15 is 0 Å². The number of hydrogen-bond donors (Lipinski definition) is 2. The minimum Gasteiger partial charge on any atom is -0.395 e. The highest BCUT2D eigenvalue weighted by atomic mass is 16.3. The molecule has 0 aromatic heterocycles. The van der Waals surface area contributed by atoms with Gasteiger partial charge in [0, 0.05) is 12.6 Å². The van der Waals surface area contributed by atoms with Crippen LogP contribution in [0.2, 0.25) is 0 Å². The molecule has 3 nitrogen and oxygen atoms in total. The minimum atomic E-state index is 0.248. The number of hydrogen-bond acceptors (Lipinski definition) is 3. The van der Waals surface area contributed by atoms with Gasteiger partial charge in [-0.05, 0) is 39.4 Å². The van der Waals surface area contributed by atoms with Crippen molar-refractivity contribution in [2.75, 3.05) is 33.3 Å². The maximum atomic E-state index is 8.61. The van der Waals surface area contributed by atoms with Gasteiger partial charge < -0.3 is 15.3 Å². The van der Waals surface area contributed by atoms with Crippen molar-refractivity contribution in [1.29, 1.82) is 0 Å². The molecule has 0 amide bonds. The summed E-state index contributed by atoms with van der Waals surface area (Å²) >= 11 is 0. The molecule has 0 aromatic rings. The Morgan fingerprint density at radius 3 is 2.60 bits per heavy atom. The molecule has 0 bridgehead atoms. The lowest BCUT2D eigenvalue weighted by atomic mass is 9.94. The molecule has 1 fully saturated rings. The molecular formula is C12H26N2O. The smallest absolute Gasteiger partial charge is 0.0555 e. The molecule has 0 aliphatic heterocycles. The van der Waals surface area contributed by atoms with Crippen LogP contribution >= 0.6 is 0 Å². The van der Waals surface area contributed by atoms with E-state index in [0.29, 0.717) is 0 Å². The van der Waals surface area contributed by atoms with E-state index in [2.05, 4.69) is 17.3 Å². The molecule has 1 rings (SSSR count). The zero-order valence-electron chi connectivity index (χ0n) is 10.0. The molecule has 2 N–H and O–H groups in total. The van der Waals surface area contributed by atoms with Crippen LogP contribution in [0.25, 0.3) is 0 Å². The van der Waals surface area contributed by atoms with Crippen molar-refractivity contribution >= 4 is 0 Å². The topological polar surface area (TPSA) is 35.5 Å². The van der Waals surface area contributed by atoms with Crippen LogP contribution in [0.4, 0.5) is 0 Å². The van der Waals surface area contributed by atoms with Crippen LogP contribution in [0, 0.1) is 0 Å². The van der Waals surface area contributed by atoms with E-state index in [0.717, 1.165) is 19.1 Å². The summed E-state index contributed by atoms with van der Waals surface area (Å²) in [5.74, 6) is 0. The molecule has 3 heteroatoms. The fraction of sp³-hybridized carbons (Fsp3) is 1.00. The summed E-state index contributed by atoms with van der Waals surface area (Å²) in [4.78, 5) is 2.51. The third-order valence-corrected chi connectivity index (χ3v) is 3.35. The number of aliphatic hydroxyl groups excluding tert-OH is 1. The summed E-state index contributed by atoms with van der Waals surface area (Å²) in [5.41, 5.74) is 0. The third kappa shape index (κ3) is 5.50. The predicted molar refractivity (Wildman–Crippen MR) is 64.1 cm³/mol. The molecule has 1 aliphatic rings. The lowest BCUT2D eigenvalue weighted by Crippen LogP contribution is -2.35. The van der Waals surface area contributed by atoms with Gasteiger partial charge in [0.05, 0.1) is 6.61 Å². The Balaban J connectivity index is 1.99. The third-order valence-electron chi connectivity index (χ3n) is 3.35. The van der Waals surface area contributed by atoms with E-state index < -0.39 is 0 Å². The molecule has 0 heterocycles. The Morgan fingerprint density at radius 1 is 1.20 bits per heavy atom. The average molecular weight is 214 g/mol. The second kappa shape index (κ2) is 8.08. The molecule has 0 radical (unpaired) electrons. The van der Waals surface area contributed by atoms with E-state index in [1.807, 2.05) is 0 Å². The van der Waals surface area contributed by atoms with Gasteiger partial charge in [0.25, 0.3) is 0 Å². The number of rotatable bonds is 7. The van der Waals surface area contributed by atoms with Crippen molar-refractivity contribution in [3.63, 3.8) is 0 Å². The maximum Gasteiger partial charge on any atom is 0.0555 e. The van der Waals surface area contributed by atoms with Crippen molar-refractivity contribution in [2.45, 2.75) is 44.6 Å². The monoisotopic (exact) mass is 214 g/mol. The number of nitrogens with one attached hydrogen (secondary N) is 1. The van der Waals surface area contributed by atoms with Gasteiger partial charge in [-0.15, -0.1) is 0 Å². The van der Waals surface area contributed by atoms with Gasteiger partial charge in [0.2, 0.25) is 0 Å². The van der Waals surface area contributed by atoms with Crippen LogP contribution in [0.1, 0.15) is 38.5 Å². The van der Waals surface area contributed by atoms with E-state index in [1.165, 1.54) is 45.1 Å². The number of aliphatic hydroxyl groups is 1. The first-order chi connectivity index (χ1) is 7.34. The van der Waals surface area contributed by atoms with Crippen LogP contribution in [-0.2, 0) is 0 Å². The van der Waals surface area contributed by atoms with Crippen molar-refractivity contribution < 1.29 is 5.11 Å². The van der Waals surface area contributed by atoms with Gasteiger partial charge >= 0.3 is 0 Å². The van der Waals surface area contributed by atoms with Crippen LogP contribution in [0.3, 0.4) is 0 Å². The average Bonchev–Trinajstić information content (AvgIpc) is 2.30. The van der Waals surface area contributed by atoms with Gasteiger partial charge in [-0.25, -0.2) is 0 Å². The lowest BCUT2D eigenvalue weighted by Gasteiger charge is -2.31. The first kappa shape index (κ1) is 12.9. The summed E-state index contributed by atoms with van der Waals surface area (Å²) in [5, 5.41) is 11.8. The Labute approximate surface area is 93.9 Å². The highest BCUT2D eigenvalue weighted by molar-refractivity contribution is 4.73. The zero-order chi connectivity index (χ0) is 10.9. The molecule has 1 aliphatic carbocycles. The van der Waals surface area contributed by atoms with E-state index in [1.54, 1.807) is 0 Å². The van der Waals surface area contributed by atoms with E-state index in [-0.39, 0.29) is 6.61 Å². The molecule has 0 saturated heterocycles. The summed E-state index contributed by atoms with van der Waals surface area (Å²) < 4.78 is 0. The fourth-order valence-corrected chi connectivity index (χ4v) is 2.36. The maximum absolute atomic E-state index is 8.61. The van der Waals surface area contributed by atoms with Crippen molar-refractivity contribution in [3.05, 3.63) is 0 Å². The second-order valence-corrected chi connectivity index (χ2v) is 4.60. The highest BCUT2D eigenvalue weighted by Gasteiger charge is 2.16. The summed E-state index contributed by atoms with van der Waals surface area (Å²) in [6.45, 7) is 3.19. The molecule has 0 atom stereocenters. The lowest BCUT2D eigenvalue weighted by molar-refractivity contribution is 0.189. The zero-order valence-corrected chi connectivity index (χ0v) is 10.0. The van der Waals surface area contributed by atoms with Crippen molar-refractivity contribution in [2.24, 2.45) is 0 Å². The van der Waals surface area contributed by atoms with Gasteiger partial charge in [-0.3, -0.25) is 0 Å². The van der Waals surface area contributed by atoms with Gasteiger partial charge in [0.15, 0.2) is 0 Å². The Hall–Kier alpha value is -0.120. The Morgan fingerprint density at radius 2 is 1.93 bits per heavy atom. The molecule has 0 spiro atoms. The van der Waals surface area contributed by atoms with Gasteiger partial charge in [-0.1, -0.05) is 19.3 Å². The van der Waals surface area contributed by atoms with Crippen LogP contribution in [-0.4, -0.2) is 49.3 Å². The van der Waals surface area contributed by atoms with E-state index in [4.69, 9.17) is 5.11 Å². The first-order valence-electron chi connectivity index (χ1n) is 6.36. The van der Waals surface area contributed by atoms with Crippen LogP contribution in [0.15, 0.2) is 0 Å². The summed E-state index contributed by atoms with van der Waals surface area (Å²) in [6, 6.07) is 0.830. The normalized spacial score (nSPS) is 18.6. The Bertz CT molecular complexity index is 147. The molecule has 0 aromatic carbocycles. The van der Waals surface area contributed by atoms with Gasteiger partial charge in [0.1, 0.15) is 0 Å². The Kier molecular flexibility index (Phi) is 6.98. The largest absolute Gasteiger partial charge is 0.395 e. The summed E-state index contributed by atoms with van der Waals surface area (Å²) in [7, 11) is 2.25. The molecular weight excluding hydrogens is 188 g/mol. The van der Waals surface area contributed by atoms with Crippen LogP contribution < -0.4 is 5.32 Å². The molecule has 15 heavy (non-hydrogen) atoms. The summed E-state index contributed by atoms with van der Waals surface area (Å²) in [6.07, 6.45) is 8.23. The van der Waals surface area contributed by atoms with E-state index in [9.17, 15) is 0 Å². The molecule has 0 unspecified atom stereocenters. The van der Waals surface area contributed by atoms with Crippen molar-refractivity contribution in [1.82, 2.24) is 10.2 Å². The number of nitrogens with zero attached hydrogens (tertiary/aromatic N) is 1. The standard InChI is InChI=1S/C12H26N2O/c1-14(10-5-8-13-9-11-15)12-6-3-2-4-7-12/h12-13,15H,2-11H2,1H3. The van der Waals surface area contributed by atoms with Crippen LogP contribution in [0.5, 0.6) is 0 Å². The quantitative estimate of drug-likeness (QED) is 0.626. The first-order valence-corrected chi connectivity index (χ1v) is 6.36.